The van der Waals surface area contributed by atoms with Crippen LogP contribution >= 0.6 is 0 Å². The lowest BCUT2D eigenvalue weighted by molar-refractivity contribution is -0.138. The first-order chi connectivity index (χ1) is 8.88. The van der Waals surface area contributed by atoms with Gasteiger partial charge in [-0.05, 0) is 30.2 Å². The van der Waals surface area contributed by atoms with E-state index in [0.717, 1.165) is 0 Å². The van der Waals surface area contributed by atoms with E-state index in [-0.39, 0.29) is 30.2 Å². The number of aromatic carboxylic acids is 1. The summed E-state index contributed by atoms with van der Waals surface area (Å²) in [7, 11) is 0. The number of nitrogens with one attached hydrogen (secondary N) is 1. The van der Waals surface area contributed by atoms with E-state index in [2.05, 4.69) is 5.32 Å². The summed E-state index contributed by atoms with van der Waals surface area (Å²) in [6.07, 6.45) is 0.0400. The largest absolute Gasteiger partial charge is 0.481 e. The fourth-order valence-corrected chi connectivity index (χ4v) is 1.59. The molecule has 0 heterocycles. The molecule has 0 radical (unpaired) electrons. The molecule has 1 aromatic carbocycles. The Bertz CT molecular complexity index is 480. The van der Waals surface area contributed by atoms with Gasteiger partial charge in [0.05, 0.1) is 5.56 Å². The first kappa shape index (κ1) is 14.7. The van der Waals surface area contributed by atoms with Gasteiger partial charge in [-0.25, -0.2) is 4.79 Å². The van der Waals surface area contributed by atoms with Crippen molar-refractivity contribution in [2.75, 3.05) is 5.32 Å². The minimum Gasteiger partial charge on any atom is -0.481 e. The molecule has 1 unspecified atom stereocenters. The van der Waals surface area contributed by atoms with E-state index < -0.39 is 11.9 Å². The van der Waals surface area contributed by atoms with Crippen molar-refractivity contribution in [2.24, 2.45) is 5.92 Å². The number of carboxylic acids is 2. The normalized spacial score (nSPS) is 11.6. The van der Waals surface area contributed by atoms with Crippen LogP contribution in [0.5, 0.6) is 0 Å². The second kappa shape index (κ2) is 6.53. The van der Waals surface area contributed by atoms with Crippen molar-refractivity contribution in [3.05, 3.63) is 29.8 Å². The summed E-state index contributed by atoms with van der Waals surface area (Å²) in [6.45, 7) is 1.68. The third-order valence-electron chi connectivity index (χ3n) is 2.47. The molecule has 1 aromatic rings. The van der Waals surface area contributed by atoms with Gasteiger partial charge >= 0.3 is 11.9 Å². The monoisotopic (exact) mass is 265 g/mol. The van der Waals surface area contributed by atoms with Crippen molar-refractivity contribution < 1.29 is 24.6 Å². The van der Waals surface area contributed by atoms with Crippen LogP contribution in [0.2, 0.25) is 0 Å². The molecule has 19 heavy (non-hydrogen) atoms. The van der Waals surface area contributed by atoms with E-state index in [1.165, 1.54) is 24.3 Å². The highest BCUT2D eigenvalue weighted by atomic mass is 16.4. The Hall–Kier alpha value is -2.37. The number of aliphatic carboxylic acids is 1. The number of carbonyl (C=O) groups is 3. The molecule has 0 aliphatic heterocycles. The Morgan fingerprint density at radius 1 is 1.11 bits per heavy atom. The highest BCUT2D eigenvalue weighted by Gasteiger charge is 2.12. The van der Waals surface area contributed by atoms with Gasteiger partial charge in [0.15, 0.2) is 0 Å². The van der Waals surface area contributed by atoms with Crippen molar-refractivity contribution in [3.63, 3.8) is 0 Å². The number of amides is 1. The first-order valence-corrected chi connectivity index (χ1v) is 5.73. The Kier molecular flexibility index (Phi) is 5.05. The van der Waals surface area contributed by atoms with Crippen molar-refractivity contribution in [3.8, 4) is 0 Å². The summed E-state index contributed by atoms with van der Waals surface area (Å²) >= 11 is 0. The maximum Gasteiger partial charge on any atom is 0.335 e. The lowest BCUT2D eigenvalue weighted by atomic mass is 10.0. The molecule has 0 aliphatic carbocycles. The number of carbonyl (C=O) groups excluding carboxylic acids is 1. The molecule has 6 nitrogen and oxygen atoms in total. The Balaban J connectivity index is 2.52. The van der Waals surface area contributed by atoms with Gasteiger partial charge in [-0.1, -0.05) is 6.92 Å². The summed E-state index contributed by atoms with van der Waals surface area (Å²) in [5.41, 5.74) is 0.620. The number of hydrogen-bond donors (Lipinski definition) is 3. The zero-order valence-electron chi connectivity index (χ0n) is 10.4. The zero-order valence-corrected chi connectivity index (χ0v) is 10.4. The van der Waals surface area contributed by atoms with Crippen LogP contribution in [0, 0.1) is 5.92 Å². The van der Waals surface area contributed by atoms with Gasteiger partial charge < -0.3 is 15.5 Å². The van der Waals surface area contributed by atoms with Gasteiger partial charge in [0.1, 0.15) is 0 Å². The molecule has 6 heteroatoms. The molecular weight excluding hydrogens is 250 g/mol. The minimum absolute atomic E-state index is 0.0641. The molecule has 3 N–H and O–H groups in total. The molecule has 1 rings (SSSR count). The summed E-state index contributed by atoms with van der Waals surface area (Å²) in [4.78, 5) is 32.7. The standard InChI is InChI=1S/C13H15NO5/c1-8(7-12(16)17)6-11(15)14-10-4-2-9(3-5-10)13(18)19/h2-5,8H,6-7H2,1H3,(H,14,15)(H,16,17)(H,18,19). The van der Waals surface area contributed by atoms with Crippen LogP contribution in [0.25, 0.3) is 0 Å². The molecule has 0 aromatic heterocycles. The average Bonchev–Trinajstić information content (AvgIpc) is 2.27. The molecule has 1 amide bonds. The van der Waals surface area contributed by atoms with Gasteiger partial charge in [-0.2, -0.15) is 0 Å². The van der Waals surface area contributed by atoms with E-state index in [9.17, 15) is 14.4 Å². The Morgan fingerprint density at radius 2 is 1.68 bits per heavy atom. The molecule has 1 atom stereocenters. The summed E-state index contributed by atoms with van der Waals surface area (Å²) < 4.78 is 0. The van der Waals surface area contributed by atoms with E-state index in [1.54, 1.807) is 6.92 Å². The third-order valence-corrected chi connectivity index (χ3v) is 2.47. The number of hydrogen-bond acceptors (Lipinski definition) is 3. The smallest absolute Gasteiger partial charge is 0.335 e. The van der Waals surface area contributed by atoms with Crippen LogP contribution in [-0.2, 0) is 9.59 Å². The number of benzene rings is 1. The molecule has 0 spiro atoms. The van der Waals surface area contributed by atoms with Crippen LogP contribution in [0.3, 0.4) is 0 Å². The van der Waals surface area contributed by atoms with Crippen molar-refractivity contribution >= 4 is 23.5 Å². The molecule has 0 saturated carbocycles. The Labute approximate surface area is 110 Å². The topological polar surface area (TPSA) is 104 Å². The van der Waals surface area contributed by atoms with E-state index in [4.69, 9.17) is 10.2 Å². The molecule has 102 valence electrons. The maximum atomic E-state index is 11.6. The van der Waals surface area contributed by atoms with Gasteiger partial charge in [0.25, 0.3) is 0 Å². The van der Waals surface area contributed by atoms with Crippen molar-refractivity contribution in [1.29, 1.82) is 0 Å². The molecule has 0 bridgehead atoms. The van der Waals surface area contributed by atoms with Crippen molar-refractivity contribution in [2.45, 2.75) is 19.8 Å². The van der Waals surface area contributed by atoms with Gasteiger partial charge in [0.2, 0.25) is 5.91 Å². The molecule has 0 fully saturated rings. The van der Waals surface area contributed by atoms with Crippen LogP contribution in [-0.4, -0.2) is 28.1 Å². The zero-order chi connectivity index (χ0) is 14.4. The fraction of sp³-hybridized carbons (Fsp3) is 0.308. The van der Waals surface area contributed by atoms with Crippen molar-refractivity contribution in [1.82, 2.24) is 0 Å². The highest BCUT2D eigenvalue weighted by Crippen LogP contribution is 2.12. The van der Waals surface area contributed by atoms with Crippen LogP contribution in [0.15, 0.2) is 24.3 Å². The number of rotatable bonds is 6. The van der Waals surface area contributed by atoms with E-state index >= 15 is 0 Å². The first-order valence-electron chi connectivity index (χ1n) is 5.73. The lowest BCUT2D eigenvalue weighted by Crippen LogP contribution is -2.17. The highest BCUT2D eigenvalue weighted by molar-refractivity contribution is 5.92. The maximum absolute atomic E-state index is 11.6. The molecular formula is C13H15NO5. The van der Waals surface area contributed by atoms with Gasteiger partial charge in [-0.3, -0.25) is 9.59 Å². The average molecular weight is 265 g/mol. The summed E-state index contributed by atoms with van der Waals surface area (Å²) in [5, 5.41) is 19.9. The predicted octanol–water partition coefficient (Wildman–Crippen LogP) is 1.82. The quantitative estimate of drug-likeness (QED) is 0.727. The van der Waals surface area contributed by atoms with E-state index in [1.807, 2.05) is 0 Å². The van der Waals surface area contributed by atoms with E-state index in [0.29, 0.717) is 5.69 Å². The minimum atomic E-state index is -1.03. The second-order valence-electron chi connectivity index (χ2n) is 4.34. The Morgan fingerprint density at radius 3 is 2.16 bits per heavy atom. The number of carboxylic acid groups (broad SMARTS) is 2. The summed E-state index contributed by atoms with van der Waals surface area (Å²) in [5.74, 6) is -2.52. The molecule has 0 saturated heterocycles. The molecule has 0 aliphatic rings. The summed E-state index contributed by atoms with van der Waals surface area (Å²) in [6, 6.07) is 5.75. The van der Waals surface area contributed by atoms with Gasteiger partial charge in [0, 0.05) is 18.5 Å². The third kappa shape index (κ3) is 5.20. The van der Waals surface area contributed by atoms with Crippen LogP contribution < -0.4 is 5.32 Å². The SMILES string of the molecule is CC(CC(=O)O)CC(=O)Nc1ccc(C(=O)O)cc1. The van der Waals surface area contributed by atoms with Gasteiger partial charge in [-0.15, -0.1) is 0 Å². The number of anilines is 1. The predicted molar refractivity (Wildman–Crippen MR) is 68.1 cm³/mol. The second-order valence-corrected chi connectivity index (χ2v) is 4.34. The lowest BCUT2D eigenvalue weighted by Gasteiger charge is -2.09. The van der Waals surface area contributed by atoms with Crippen LogP contribution in [0.4, 0.5) is 5.69 Å². The fourth-order valence-electron chi connectivity index (χ4n) is 1.59. The van der Waals surface area contributed by atoms with Crippen LogP contribution in [0.1, 0.15) is 30.1 Å².